The van der Waals surface area contributed by atoms with E-state index in [0.717, 1.165) is 25.1 Å². The van der Waals surface area contributed by atoms with Crippen molar-refractivity contribution in [3.8, 4) is 0 Å². The molecule has 1 N–H and O–H groups in total. The second-order valence-electron chi connectivity index (χ2n) is 4.47. The first-order chi connectivity index (χ1) is 8.13. The normalized spacial score (nSPS) is 13.0. The van der Waals surface area contributed by atoms with Gasteiger partial charge in [0.15, 0.2) is 0 Å². The molecule has 0 aliphatic heterocycles. The Kier molecular flexibility index (Phi) is 6.16. The van der Waals surface area contributed by atoms with Crippen molar-refractivity contribution >= 4 is 0 Å². The van der Waals surface area contributed by atoms with Gasteiger partial charge in [-0.2, -0.15) is 0 Å². The Labute approximate surface area is 103 Å². The molecule has 1 aromatic carbocycles. The molecule has 1 atom stereocenters. The van der Waals surface area contributed by atoms with Crippen LogP contribution in [0.25, 0.3) is 0 Å². The number of nitrogens with one attached hydrogen (secondary N) is 1. The summed E-state index contributed by atoms with van der Waals surface area (Å²) in [7, 11) is 0. The third kappa shape index (κ3) is 5.29. The van der Waals surface area contributed by atoms with E-state index in [0.29, 0.717) is 6.04 Å². The van der Waals surface area contributed by atoms with Crippen molar-refractivity contribution in [3.63, 3.8) is 0 Å². The number of halogens is 1. The van der Waals surface area contributed by atoms with Crippen LogP contribution in [-0.2, 0) is 4.74 Å². The number of benzene rings is 1. The molecule has 0 heterocycles. The van der Waals surface area contributed by atoms with Gasteiger partial charge >= 0.3 is 0 Å². The molecule has 2 nitrogen and oxygen atoms in total. The third-order valence-electron chi connectivity index (χ3n) is 2.48. The predicted octanol–water partition coefficient (Wildman–Crippen LogP) is 3.29. The Balaban J connectivity index is 2.63. The average molecular weight is 239 g/mol. The zero-order valence-corrected chi connectivity index (χ0v) is 10.9. The molecular weight excluding hydrogens is 217 g/mol. The van der Waals surface area contributed by atoms with E-state index in [1.807, 2.05) is 0 Å². The van der Waals surface area contributed by atoms with Crippen LogP contribution in [0.2, 0.25) is 0 Å². The first-order valence-corrected chi connectivity index (χ1v) is 6.24. The van der Waals surface area contributed by atoms with E-state index in [1.54, 1.807) is 12.1 Å². The van der Waals surface area contributed by atoms with Gasteiger partial charge in [0.25, 0.3) is 0 Å². The van der Waals surface area contributed by atoms with Crippen LogP contribution in [0.1, 0.15) is 38.9 Å². The van der Waals surface area contributed by atoms with Gasteiger partial charge in [-0.05, 0) is 24.1 Å². The maximum Gasteiger partial charge on any atom is 0.123 e. The lowest BCUT2D eigenvalue weighted by molar-refractivity contribution is 0.0517. The Hall–Kier alpha value is -0.930. The SMILES string of the molecule is CCCOC(CNC(C)C)c1ccc(F)cc1. The number of ether oxygens (including phenoxy) is 1. The van der Waals surface area contributed by atoms with Gasteiger partial charge < -0.3 is 10.1 Å². The highest BCUT2D eigenvalue weighted by atomic mass is 19.1. The molecule has 96 valence electrons. The van der Waals surface area contributed by atoms with Crippen LogP contribution in [0, 0.1) is 5.82 Å². The lowest BCUT2D eigenvalue weighted by Gasteiger charge is -2.20. The van der Waals surface area contributed by atoms with Crippen molar-refractivity contribution in [1.82, 2.24) is 5.32 Å². The molecule has 0 radical (unpaired) electrons. The van der Waals surface area contributed by atoms with E-state index in [9.17, 15) is 4.39 Å². The average Bonchev–Trinajstić information content (AvgIpc) is 2.30. The van der Waals surface area contributed by atoms with Gasteiger partial charge in [0, 0.05) is 19.2 Å². The van der Waals surface area contributed by atoms with Crippen molar-refractivity contribution in [3.05, 3.63) is 35.6 Å². The summed E-state index contributed by atoms with van der Waals surface area (Å²) in [5.41, 5.74) is 1.02. The predicted molar refractivity (Wildman–Crippen MR) is 68.5 cm³/mol. The lowest BCUT2D eigenvalue weighted by atomic mass is 10.1. The zero-order valence-electron chi connectivity index (χ0n) is 10.9. The van der Waals surface area contributed by atoms with Crippen LogP contribution < -0.4 is 5.32 Å². The van der Waals surface area contributed by atoms with Gasteiger partial charge in [-0.1, -0.05) is 32.9 Å². The molecule has 0 aromatic heterocycles. The minimum atomic E-state index is -0.209. The van der Waals surface area contributed by atoms with Crippen LogP contribution >= 0.6 is 0 Å². The van der Waals surface area contributed by atoms with E-state index >= 15 is 0 Å². The highest BCUT2D eigenvalue weighted by molar-refractivity contribution is 5.19. The molecule has 17 heavy (non-hydrogen) atoms. The van der Waals surface area contributed by atoms with Crippen LogP contribution in [0.3, 0.4) is 0 Å². The largest absolute Gasteiger partial charge is 0.372 e. The highest BCUT2D eigenvalue weighted by Crippen LogP contribution is 2.17. The van der Waals surface area contributed by atoms with Crippen LogP contribution in [-0.4, -0.2) is 19.2 Å². The molecule has 1 aromatic rings. The highest BCUT2D eigenvalue weighted by Gasteiger charge is 2.12. The summed E-state index contributed by atoms with van der Waals surface area (Å²) in [4.78, 5) is 0. The molecule has 0 aliphatic rings. The summed E-state index contributed by atoms with van der Waals surface area (Å²) in [6.45, 7) is 7.76. The summed E-state index contributed by atoms with van der Waals surface area (Å²) in [6.07, 6.45) is 0.984. The minimum absolute atomic E-state index is 0.00190. The van der Waals surface area contributed by atoms with Crippen molar-refractivity contribution < 1.29 is 9.13 Å². The van der Waals surface area contributed by atoms with E-state index in [-0.39, 0.29) is 11.9 Å². The fraction of sp³-hybridized carbons (Fsp3) is 0.571. The van der Waals surface area contributed by atoms with Gasteiger partial charge in [-0.15, -0.1) is 0 Å². The third-order valence-corrected chi connectivity index (χ3v) is 2.48. The Morgan fingerprint density at radius 3 is 2.41 bits per heavy atom. The molecule has 1 rings (SSSR count). The van der Waals surface area contributed by atoms with Gasteiger partial charge in [0.2, 0.25) is 0 Å². The number of hydrogen-bond donors (Lipinski definition) is 1. The van der Waals surface area contributed by atoms with Gasteiger partial charge in [-0.25, -0.2) is 4.39 Å². The van der Waals surface area contributed by atoms with E-state index in [1.165, 1.54) is 12.1 Å². The molecule has 0 spiro atoms. The zero-order chi connectivity index (χ0) is 12.7. The summed E-state index contributed by atoms with van der Waals surface area (Å²) >= 11 is 0. The minimum Gasteiger partial charge on any atom is -0.372 e. The van der Waals surface area contributed by atoms with E-state index in [4.69, 9.17) is 4.74 Å². The summed E-state index contributed by atoms with van der Waals surface area (Å²) < 4.78 is 18.6. The van der Waals surface area contributed by atoms with Crippen LogP contribution in [0.4, 0.5) is 4.39 Å². The molecular formula is C14H22FNO. The topological polar surface area (TPSA) is 21.3 Å². The maximum absolute atomic E-state index is 12.9. The molecule has 0 saturated heterocycles. The molecule has 0 aliphatic carbocycles. The fourth-order valence-electron chi connectivity index (χ4n) is 1.55. The number of rotatable bonds is 7. The second-order valence-corrected chi connectivity index (χ2v) is 4.47. The van der Waals surface area contributed by atoms with Gasteiger partial charge in [0.05, 0.1) is 6.10 Å². The first kappa shape index (κ1) is 14.1. The molecule has 0 amide bonds. The standard InChI is InChI=1S/C14H22FNO/c1-4-9-17-14(10-16-11(2)3)12-5-7-13(15)8-6-12/h5-8,11,14,16H,4,9-10H2,1-3H3. The van der Waals surface area contributed by atoms with Crippen LogP contribution in [0.5, 0.6) is 0 Å². The molecule has 0 fully saturated rings. The summed E-state index contributed by atoms with van der Waals surface area (Å²) in [5.74, 6) is -0.209. The molecule has 1 unspecified atom stereocenters. The van der Waals surface area contributed by atoms with Crippen molar-refractivity contribution in [2.75, 3.05) is 13.2 Å². The maximum atomic E-state index is 12.9. The summed E-state index contributed by atoms with van der Waals surface area (Å²) in [6, 6.07) is 6.96. The molecule has 3 heteroatoms. The number of hydrogen-bond acceptors (Lipinski definition) is 2. The van der Waals surface area contributed by atoms with Crippen molar-refractivity contribution in [1.29, 1.82) is 0 Å². The fourth-order valence-corrected chi connectivity index (χ4v) is 1.55. The smallest absolute Gasteiger partial charge is 0.123 e. The Morgan fingerprint density at radius 2 is 1.88 bits per heavy atom. The van der Waals surface area contributed by atoms with E-state index in [2.05, 4.69) is 26.1 Å². The van der Waals surface area contributed by atoms with Gasteiger partial charge in [-0.3, -0.25) is 0 Å². The molecule has 0 bridgehead atoms. The van der Waals surface area contributed by atoms with Crippen molar-refractivity contribution in [2.45, 2.75) is 39.3 Å². The lowest BCUT2D eigenvalue weighted by Crippen LogP contribution is -2.29. The Morgan fingerprint density at radius 1 is 1.24 bits per heavy atom. The first-order valence-electron chi connectivity index (χ1n) is 6.24. The van der Waals surface area contributed by atoms with E-state index < -0.39 is 0 Å². The second kappa shape index (κ2) is 7.41. The summed E-state index contributed by atoms with van der Waals surface area (Å²) in [5, 5.41) is 3.35. The van der Waals surface area contributed by atoms with Gasteiger partial charge in [0.1, 0.15) is 5.82 Å². The molecule has 0 saturated carbocycles. The monoisotopic (exact) mass is 239 g/mol. The quantitative estimate of drug-likeness (QED) is 0.788. The Bertz CT molecular complexity index is 311. The van der Waals surface area contributed by atoms with Crippen LogP contribution in [0.15, 0.2) is 24.3 Å². The van der Waals surface area contributed by atoms with Crippen molar-refractivity contribution in [2.24, 2.45) is 0 Å².